The van der Waals surface area contributed by atoms with Gasteiger partial charge in [0.1, 0.15) is 5.58 Å². The summed E-state index contributed by atoms with van der Waals surface area (Å²) in [5, 5.41) is 1.65. The van der Waals surface area contributed by atoms with Gasteiger partial charge in [0.05, 0.1) is 17.7 Å². The molecule has 0 saturated heterocycles. The highest BCUT2D eigenvalue weighted by atomic mass is 16.5. The number of carbonyl (C=O) groups excluding carboxylic acids is 1. The van der Waals surface area contributed by atoms with E-state index in [1.807, 2.05) is 24.3 Å². The molecular formula is C21H16N2O3. The van der Waals surface area contributed by atoms with E-state index in [4.69, 9.17) is 9.15 Å². The van der Waals surface area contributed by atoms with Crippen molar-refractivity contribution in [3.05, 3.63) is 65.5 Å². The number of allylic oxidation sites excluding steroid dienone is 3. The number of ether oxygens (including phenoxy) is 1. The standard InChI is InChI=1S/C21H16N2O3/c1-2-25-21(24)16-12-22-17-8-9-18-15(19(16)17)11-13-6-7-14-5-3-4-10-23(14)20(13)26-18/h3-9,11-12H,2,10H2,1H3. The minimum atomic E-state index is -0.359. The summed E-state index contributed by atoms with van der Waals surface area (Å²) in [7, 11) is 0. The third-order valence-electron chi connectivity index (χ3n) is 4.72. The maximum atomic E-state index is 12.3. The SMILES string of the molecule is CCOC(=O)c1cnc2ccc3oc4c(cc3c12)C=CC1=CC=CCN14. The number of carbonyl (C=O) groups is 1. The molecule has 0 spiro atoms. The number of hydrogen-bond donors (Lipinski definition) is 0. The van der Waals surface area contributed by atoms with E-state index in [1.165, 1.54) is 0 Å². The highest BCUT2D eigenvalue weighted by molar-refractivity contribution is 6.15. The van der Waals surface area contributed by atoms with Gasteiger partial charge >= 0.3 is 5.97 Å². The van der Waals surface area contributed by atoms with E-state index >= 15 is 0 Å². The average molecular weight is 344 g/mol. The van der Waals surface area contributed by atoms with Crippen LogP contribution in [0.3, 0.4) is 0 Å². The third-order valence-corrected chi connectivity index (χ3v) is 4.72. The van der Waals surface area contributed by atoms with Crippen LogP contribution in [0.15, 0.2) is 58.8 Å². The summed E-state index contributed by atoms with van der Waals surface area (Å²) in [6.07, 6.45) is 11.9. The predicted molar refractivity (Wildman–Crippen MR) is 101 cm³/mol. The maximum absolute atomic E-state index is 12.3. The smallest absolute Gasteiger partial charge is 0.340 e. The largest absolute Gasteiger partial charge is 0.462 e. The van der Waals surface area contributed by atoms with Gasteiger partial charge in [-0.05, 0) is 43.4 Å². The number of benzene rings is 1. The van der Waals surface area contributed by atoms with E-state index in [2.05, 4.69) is 34.2 Å². The highest BCUT2D eigenvalue weighted by Crippen LogP contribution is 2.38. The molecular weight excluding hydrogens is 328 g/mol. The zero-order valence-electron chi connectivity index (χ0n) is 14.2. The molecule has 2 aliphatic rings. The van der Waals surface area contributed by atoms with Crippen LogP contribution in [-0.4, -0.2) is 24.1 Å². The van der Waals surface area contributed by atoms with Crippen LogP contribution >= 0.6 is 0 Å². The Morgan fingerprint density at radius 1 is 1.35 bits per heavy atom. The van der Waals surface area contributed by atoms with Crippen molar-refractivity contribution >= 4 is 39.8 Å². The second-order valence-electron chi connectivity index (χ2n) is 6.23. The van der Waals surface area contributed by atoms with Crippen LogP contribution < -0.4 is 4.90 Å². The molecule has 26 heavy (non-hydrogen) atoms. The number of esters is 1. The molecule has 0 radical (unpaired) electrons. The fourth-order valence-electron chi connectivity index (χ4n) is 3.53. The quantitative estimate of drug-likeness (QED) is 0.643. The fourth-order valence-corrected chi connectivity index (χ4v) is 3.53. The molecule has 0 fully saturated rings. The van der Waals surface area contributed by atoms with Gasteiger partial charge in [-0.15, -0.1) is 0 Å². The summed E-state index contributed by atoms with van der Waals surface area (Å²) in [5.74, 6) is 0.453. The first-order valence-corrected chi connectivity index (χ1v) is 8.61. The van der Waals surface area contributed by atoms with E-state index in [-0.39, 0.29) is 5.97 Å². The lowest BCUT2D eigenvalue weighted by molar-refractivity contribution is 0.0529. The van der Waals surface area contributed by atoms with Crippen LogP contribution in [0.2, 0.25) is 0 Å². The molecule has 2 aliphatic heterocycles. The van der Waals surface area contributed by atoms with Crippen LogP contribution in [0.4, 0.5) is 5.88 Å². The molecule has 0 unspecified atom stereocenters. The van der Waals surface area contributed by atoms with Crippen LogP contribution in [-0.2, 0) is 4.74 Å². The van der Waals surface area contributed by atoms with Gasteiger partial charge < -0.3 is 14.1 Å². The van der Waals surface area contributed by atoms with Crippen molar-refractivity contribution in [2.24, 2.45) is 0 Å². The van der Waals surface area contributed by atoms with Gasteiger partial charge in [0.2, 0.25) is 5.88 Å². The van der Waals surface area contributed by atoms with E-state index in [1.54, 1.807) is 13.1 Å². The van der Waals surface area contributed by atoms with Crippen LogP contribution in [0, 0.1) is 0 Å². The topological polar surface area (TPSA) is 55.6 Å². The summed E-state index contributed by atoms with van der Waals surface area (Å²) in [6.45, 7) is 2.89. The van der Waals surface area contributed by atoms with E-state index in [0.717, 1.165) is 45.6 Å². The zero-order chi connectivity index (χ0) is 17.7. The molecule has 0 atom stereocenters. The molecule has 4 heterocycles. The molecule has 0 saturated carbocycles. The van der Waals surface area contributed by atoms with Crippen molar-refractivity contribution < 1.29 is 13.9 Å². The molecule has 1 aromatic carbocycles. The van der Waals surface area contributed by atoms with Gasteiger partial charge in [-0.2, -0.15) is 0 Å². The lowest BCUT2D eigenvalue weighted by Crippen LogP contribution is -2.25. The molecule has 0 aliphatic carbocycles. The number of hydrogen-bond acceptors (Lipinski definition) is 5. The predicted octanol–water partition coefficient (Wildman–Crippen LogP) is 4.44. The van der Waals surface area contributed by atoms with Crippen molar-refractivity contribution in [1.29, 1.82) is 0 Å². The second-order valence-corrected chi connectivity index (χ2v) is 6.23. The lowest BCUT2D eigenvalue weighted by Gasteiger charge is -2.29. The van der Waals surface area contributed by atoms with Gasteiger partial charge in [-0.3, -0.25) is 4.98 Å². The Bertz CT molecular complexity index is 1150. The van der Waals surface area contributed by atoms with Crippen molar-refractivity contribution in [3.8, 4) is 0 Å². The number of rotatable bonds is 2. The van der Waals surface area contributed by atoms with Crippen molar-refractivity contribution in [2.45, 2.75) is 6.92 Å². The van der Waals surface area contributed by atoms with E-state index < -0.39 is 0 Å². The van der Waals surface area contributed by atoms with Crippen molar-refractivity contribution in [3.63, 3.8) is 0 Å². The minimum Gasteiger partial charge on any atom is -0.462 e. The normalized spacial score (nSPS) is 15.1. The zero-order valence-corrected chi connectivity index (χ0v) is 14.2. The number of nitrogens with zero attached hydrogens (tertiary/aromatic N) is 2. The summed E-state index contributed by atoms with van der Waals surface area (Å²) in [6, 6.07) is 5.84. The fraction of sp³-hybridized carbons (Fsp3) is 0.143. The van der Waals surface area contributed by atoms with Gasteiger partial charge in [0.15, 0.2) is 0 Å². The Morgan fingerprint density at radius 2 is 2.27 bits per heavy atom. The summed E-state index contributed by atoms with van der Waals surface area (Å²) in [5.41, 5.74) is 4.04. The first-order chi connectivity index (χ1) is 12.8. The number of anilines is 1. The van der Waals surface area contributed by atoms with Crippen LogP contribution in [0.25, 0.3) is 27.9 Å². The maximum Gasteiger partial charge on any atom is 0.340 e. The summed E-state index contributed by atoms with van der Waals surface area (Å²) < 4.78 is 11.4. The highest BCUT2D eigenvalue weighted by Gasteiger charge is 2.23. The Labute approximate surface area is 149 Å². The molecule has 3 aromatic rings. The van der Waals surface area contributed by atoms with Crippen LogP contribution in [0.1, 0.15) is 22.8 Å². The Hall–Kier alpha value is -3.34. The monoisotopic (exact) mass is 344 g/mol. The van der Waals surface area contributed by atoms with Gasteiger partial charge in [0, 0.05) is 34.8 Å². The lowest BCUT2D eigenvalue weighted by atomic mass is 10.0. The second kappa shape index (κ2) is 5.59. The molecule has 5 heteroatoms. The number of aromatic nitrogens is 1. The van der Waals surface area contributed by atoms with Crippen LogP contribution in [0.5, 0.6) is 0 Å². The van der Waals surface area contributed by atoms with Crippen molar-refractivity contribution in [1.82, 2.24) is 4.98 Å². The summed E-state index contributed by atoms with van der Waals surface area (Å²) in [4.78, 5) is 18.8. The van der Waals surface area contributed by atoms with Crippen molar-refractivity contribution in [2.75, 3.05) is 18.1 Å². The molecule has 0 amide bonds. The average Bonchev–Trinajstić information content (AvgIpc) is 3.11. The molecule has 0 bridgehead atoms. The van der Waals surface area contributed by atoms with Gasteiger partial charge in [0.25, 0.3) is 0 Å². The molecule has 0 N–H and O–H groups in total. The molecule has 2 aromatic heterocycles. The minimum absolute atomic E-state index is 0.330. The van der Waals surface area contributed by atoms with Gasteiger partial charge in [-0.1, -0.05) is 12.2 Å². The third kappa shape index (κ3) is 2.10. The molecule has 5 rings (SSSR count). The first-order valence-electron chi connectivity index (χ1n) is 8.61. The first kappa shape index (κ1) is 15.0. The Morgan fingerprint density at radius 3 is 3.15 bits per heavy atom. The Kier molecular flexibility index (Phi) is 3.22. The van der Waals surface area contributed by atoms with Gasteiger partial charge in [-0.25, -0.2) is 4.79 Å². The summed E-state index contributed by atoms with van der Waals surface area (Å²) >= 11 is 0. The number of fused-ring (bicyclic) bond motifs is 6. The molecule has 5 nitrogen and oxygen atoms in total. The van der Waals surface area contributed by atoms with E-state index in [0.29, 0.717) is 12.2 Å². The Balaban J connectivity index is 1.76. The van der Waals surface area contributed by atoms with E-state index in [9.17, 15) is 4.79 Å². The molecule has 128 valence electrons.